The first-order chi connectivity index (χ1) is 14.5. The SMILES string of the molecule is CC(C)OC(=O)[C@H](Cc1ccc(O)cc1)NC(=O)C1(NC(=O)[C@@H](S)C(C)C)CCCC1. The Labute approximate surface area is 189 Å². The third-order valence-corrected chi connectivity index (χ3v) is 6.30. The van der Waals surface area contributed by atoms with Crippen molar-refractivity contribution in [2.45, 2.75) is 82.7 Å². The number of aromatic hydroxyl groups is 1. The average molecular weight is 451 g/mol. The molecule has 0 aromatic heterocycles. The van der Waals surface area contributed by atoms with Crippen molar-refractivity contribution in [3.8, 4) is 5.75 Å². The maximum absolute atomic E-state index is 13.3. The highest BCUT2D eigenvalue weighted by molar-refractivity contribution is 7.81. The van der Waals surface area contributed by atoms with E-state index in [1.165, 1.54) is 12.1 Å². The number of esters is 1. The quantitative estimate of drug-likeness (QED) is 0.342. The molecule has 7 nitrogen and oxygen atoms in total. The molecule has 0 saturated heterocycles. The van der Waals surface area contributed by atoms with Crippen LogP contribution in [-0.4, -0.2) is 45.8 Å². The van der Waals surface area contributed by atoms with Crippen molar-refractivity contribution in [2.24, 2.45) is 5.92 Å². The van der Waals surface area contributed by atoms with E-state index in [1.54, 1.807) is 26.0 Å². The van der Waals surface area contributed by atoms with E-state index in [-0.39, 0.29) is 36.0 Å². The third kappa shape index (κ3) is 6.89. The number of hydrogen-bond donors (Lipinski definition) is 4. The van der Waals surface area contributed by atoms with E-state index in [9.17, 15) is 19.5 Å². The Hall–Kier alpha value is -2.22. The second-order valence-electron chi connectivity index (χ2n) is 8.85. The van der Waals surface area contributed by atoms with Crippen LogP contribution >= 0.6 is 12.6 Å². The van der Waals surface area contributed by atoms with Crippen molar-refractivity contribution >= 4 is 30.4 Å². The van der Waals surface area contributed by atoms with Crippen LogP contribution in [0.4, 0.5) is 0 Å². The number of carbonyl (C=O) groups excluding carboxylic acids is 3. The van der Waals surface area contributed by atoms with Gasteiger partial charge in [0.25, 0.3) is 0 Å². The zero-order valence-electron chi connectivity index (χ0n) is 18.7. The van der Waals surface area contributed by atoms with Gasteiger partial charge >= 0.3 is 5.97 Å². The lowest BCUT2D eigenvalue weighted by molar-refractivity contribution is -0.152. The normalized spacial score (nSPS) is 17.3. The highest BCUT2D eigenvalue weighted by Crippen LogP contribution is 2.31. The molecule has 31 heavy (non-hydrogen) atoms. The van der Waals surface area contributed by atoms with Gasteiger partial charge in [-0.05, 0) is 50.3 Å². The van der Waals surface area contributed by atoms with Crippen molar-refractivity contribution in [3.05, 3.63) is 29.8 Å². The number of hydrogen-bond acceptors (Lipinski definition) is 6. The van der Waals surface area contributed by atoms with Gasteiger partial charge in [0.05, 0.1) is 11.4 Å². The highest BCUT2D eigenvalue weighted by atomic mass is 32.1. The molecule has 2 amide bonds. The van der Waals surface area contributed by atoms with Gasteiger partial charge in [-0.3, -0.25) is 9.59 Å². The third-order valence-electron chi connectivity index (χ3n) is 5.47. The lowest BCUT2D eigenvalue weighted by atomic mass is 9.94. The average Bonchev–Trinajstić information content (AvgIpc) is 3.17. The van der Waals surface area contributed by atoms with Gasteiger partial charge in [0.1, 0.15) is 17.3 Å². The number of phenolic OH excluding ortho intramolecular Hbond substituents is 1. The van der Waals surface area contributed by atoms with Crippen molar-refractivity contribution < 1.29 is 24.2 Å². The Morgan fingerprint density at radius 1 is 1.10 bits per heavy atom. The molecule has 0 heterocycles. The molecule has 1 aliphatic rings. The summed E-state index contributed by atoms with van der Waals surface area (Å²) in [4.78, 5) is 38.7. The molecule has 2 atom stereocenters. The Kier molecular flexibility index (Phi) is 8.79. The monoisotopic (exact) mass is 450 g/mol. The predicted molar refractivity (Wildman–Crippen MR) is 122 cm³/mol. The topological polar surface area (TPSA) is 105 Å². The summed E-state index contributed by atoms with van der Waals surface area (Å²) in [5.41, 5.74) is -0.290. The minimum atomic E-state index is -1.06. The van der Waals surface area contributed by atoms with Crippen LogP contribution in [0.2, 0.25) is 0 Å². The molecule has 2 rings (SSSR count). The molecule has 1 aromatic carbocycles. The summed E-state index contributed by atoms with van der Waals surface area (Å²) >= 11 is 4.37. The van der Waals surface area contributed by atoms with Crippen LogP contribution in [0, 0.1) is 5.92 Å². The fourth-order valence-electron chi connectivity index (χ4n) is 3.67. The number of phenols is 1. The first-order valence-electron chi connectivity index (χ1n) is 10.8. The van der Waals surface area contributed by atoms with E-state index >= 15 is 0 Å². The molecule has 0 unspecified atom stereocenters. The van der Waals surface area contributed by atoms with E-state index in [0.717, 1.165) is 18.4 Å². The minimum Gasteiger partial charge on any atom is -0.508 e. The van der Waals surface area contributed by atoms with Crippen LogP contribution in [-0.2, 0) is 25.5 Å². The van der Waals surface area contributed by atoms with E-state index in [2.05, 4.69) is 23.3 Å². The Morgan fingerprint density at radius 2 is 1.68 bits per heavy atom. The number of benzene rings is 1. The Morgan fingerprint density at radius 3 is 2.19 bits per heavy atom. The minimum absolute atomic E-state index is 0.0214. The van der Waals surface area contributed by atoms with Gasteiger partial charge in [0.2, 0.25) is 11.8 Å². The lowest BCUT2D eigenvalue weighted by Crippen LogP contribution is -2.61. The van der Waals surface area contributed by atoms with Gasteiger partial charge < -0.3 is 20.5 Å². The van der Waals surface area contributed by atoms with Gasteiger partial charge in [-0.1, -0.05) is 38.8 Å². The molecule has 1 fully saturated rings. The highest BCUT2D eigenvalue weighted by Gasteiger charge is 2.44. The van der Waals surface area contributed by atoms with Crippen molar-refractivity contribution in [2.75, 3.05) is 0 Å². The summed E-state index contributed by atoms with van der Waals surface area (Å²) in [6.45, 7) is 7.28. The van der Waals surface area contributed by atoms with Crippen LogP contribution in [0.15, 0.2) is 24.3 Å². The van der Waals surface area contributed by atoms with E-state index in [4.69, 9.17) is 4.74 Å². The van der Waals surface area contributed by atoms with Crippen LogP contribution in [0.3, 0.4) is 0 Å². The first kappa shape index (κ1) is 25.0. The first-order valence-corrected chi connectivity index (χ1v) is 11.3. The molecule has 0 radical (unpaired) electrons. The zero-order chi connectivity index (χ0) is 23.2. The molecule has 0 bridgehead atoms. The number of amides is 2. The fraction of sp³-hybridized carbons (Fsp3) is 0.609. The lowest BCUT2D eigenvalue weighted by Gasteiger charge is -2.32. The number of thiol groups is 1. The number of ether oxygens (including phenoxy) is 1. The second-order valence-corrected chi connectivity index (χ2v) is 9.41. The van der Waals surface area contributed by atoms with Crippen LogP contribution < -0.4 is 10.6 Å². The predicted octanol–water partition coefficient (Wildman–Crippen LogP) is 2.75. The van der Waals surface area contributed by atoms with Crippen molar-refractivity contribution in [1.82, 2.24) is 10.6 Å². The summed E-state index contributed by atoms with van der Waals surface area (Å²) in [5, 5.41) is 14.7. The van der Waals surface area contributed by atoms with Gasteiger partial charge in [-0.2, -0.15) is 12.6 Å². The van der Waals surface area contributed by atoms with Crippen molar-refractivity contribution in [3.63, 3.8) is 0 Å². The number of nitrogens with one attached hydrogen (secondary N) is 2. The molecule has 172 valence electrons. The molecular weight excluding hydrogens is 416 g/mol. The molecule has 1 aliphatic carbocycles. The smallest absolute Gasteiger partial charge is 0.329 e. The Balaban J connectivity index is 2.21. The second kappa shape index (κ2) is 10.9. The summed E-state index contributed by atoms with van der Waals surface area (Å²) in [6, 6.07) is 5.53. The summed E-state index contributed by atoms with van der Waals surface area (Å²) < 4.78 is 5.35. The molecule has 8 heteroatoms. The van der Waals surface area contributed by atoms with Crippen LogP contribution in [0.5, 0.6) is 5.75 Å². The van der Waals surface area contributed by atoms with E-state index < -0.39 is 22.8 Å². The van der Waals surface area contributed by atoms with Gasteiger partial charge in [-0.15, -0.1) is 0 Å². The zero-order valence-corrected chi connectivity index (χ0v) is 19.6. The molecule has 1 saturated carbocycles. The molecule has 0 spiro atoms. The largest absolute Gasteiger partial charge is 0.508 e. The summed E-state index contributed by atoms with van der Waals surface area (Å²) in [5.74, 6) is -1.06. The Bertz CT molecular complexity index is 773. The standard InChI is InChI=1S/C23H34N2O5S/c1-14(2)19(31)20(27)25-23(11-5-6-12-23)22(29)24-18(21(28)30-15(3)4)13-16-7-9-17(26)10-8-16/h7-10,14-15,18-19,26,31H,5-6,11-13H2,1-4H3,(H,24,29)(H,25,27)/t18-,19-/m0/s1. The maximum atomic E-state index is 13.3. The molecular formula is C23H34N2O5S. The maximum Gasteiger partial charge on any atom is 0.329 e. The summed E-state index contributed by atoms with van der Waals surface area (Å²) in [7, 11) is 0. The van der Waals surface area contributed by atoms with E-state index in [0.29, 0.717) is 12.8 Å². The van der Waals surface area contributed by atoms with Gasteiger partial charge in [0.15, 0.2) is 0 Å². The molecule has 3 N–H and O–H groups in total. The molecule has 0 aliphatic heterocycles. The number of carbonyl (C=O) groups is 3. The fourth-order valence-corrected chi connectivity index (χ4v) is 3.74. The van der Waals surface area contributed by atoms with Crippen LogP contribution in [0.1, 0.15) is 58.9 Å². The summed E-state index contributed by atoms with van der Waals surface area (Å²) in [6.07, 6.45) is 2.52. The van der Waals surface area contributed by atoms with Crippen molar-refractivity contribution in [1.29, 1.82) is 0 Å². The number of rotatable bonds is 9. The van der Waals surface area contributed by atoms with Gasteiger partial charge in [-0.25, -0.2) is 4.79 Å². The van der Waals surface area contributed by atoms with E-state index in [1.807, 2.05) is 13.8 Å². The van der Waals surface area contributed by atoms with Gasteiger partial charge in [0, 0.05) is 6.42 Å². The molecule has 1 aromatic rings. The van der Waals surface area contributed by atoms with Crippen LogP contribution in [0.25, 0.3) is 0 Å².